The summed E-state index contributed by atoms with van der Waals surface area (Å²) in [6.07, 6.45) is 8.66. The summed E-state index contributed by atoms with van der Waals surface area (Å²) in [7, 11) is 0. The normalized spacial score (nSPS) is 16.4. The van der Waals surface area contributed by atoms with Crippen LogP contribution in [0.5, 0.6) is 11.6 Å². The van der Waals surface area contributed by atoms with Gasteiger partial charge in [-0.3, -0.25) is 14.8 Å². The van der Waals surface area contributed by atoms with Crippen LogP contribution >= 0.6 is 0 Å². The summed E-state index contributed by atoms with van der Waals surface area (Å²) in [4.78, 5) is 27.4. The van der Waals surface area contributed by atoms with Crippen molar-refractivity contribution in [3.63, 3.8) is 0 Å². The molecule has 1 aromatic carbocycles. The molecule has 1 aliphatic rings. The zero-order valence-electron chi connectivity index (χ0n) is 15.9. The van der Waals surface area contributed by atoms with E-state index in [4.69, 9.17) is 4.74 Å². The molecule has 4 rings (SSSR count). The van der Waals surface area contributed by atoms with Crippen molar-refractivity contribution >= 4 is 5.91 Å². The Morgan fingerprint density at radius 3 is 2.90 bits per heavy atom. The van der Waals surface area contributed by atoms with Crippen LogP contribution in [0.3, 0.4) is 0 Å². The predicted octanol–water partition coefficient (Wildman–Crippen LogP) is 3.75. The van der Waals surface area contributed by atoms with Gasteiger partial charge in [-0.2, -0.15) is 0 Å². The number of ether oxygens (including phenoxy) is 1. The molecule has 0 aliphatic carbocycles. The number of benzene rings is 1. The molecular weight excluding hydrogens is 371 g/mol. The Labute approximate surface area is 168 Å². The molecule has 1 unspecified atom stereocenters. The van der Waals surface area contributed by atoms with Gasteiger partial charge in [0.05, 0.1) is 6.42 Å². The fourth-order valence-corrected chi connectivity index (χ4v) is 3.55. The molecule has 1 amide bonds. The average molecular weight is 392 g/mol. The second kappa shape index (κ2) is 8.77. The maximum Gasteiger partial charge on any atom is 0.241 e. The lowest BCUT2D eigenvalue weighted by atomic mass is 9.94. The molecule has 7 heteroatoms. The van der Waals surface area contributed by atoms with E-state index in [9.17, 15) is 9.18 Å². The molecule has 1 fully saturated rings. The lowest BCUT2D eigenvalue weighted by Gasteiger charge is -2.32. The van der Waals surface area contributed by atoms with E-state index in [1.807, 2.05) is 17.0 Å². The van der Waals surface area contributed by atoms with Crippen LogP contribution in [0.2, 0.25) is 0 Å². The molecule has 0 N–H and O–H groups in total. The molecule has 148 valence electrons. The minimum absolute atomic E-state index is 0.0128. The van der Waals surface area contributed by atoms with E-state index in [1.165, 1.54) is 12.1 Å². The Hall–Kier alpha value is -3.35. The number of hydrogen-bond donors (Lipinski definition) is 0. The van der Waals surface area contributed by atoms with Crippen LogP contribution in [0.25, 0.3) is 0 Å². The van der Waals surface area contributed by atoms with E-state index in [1.54, 1.807) is 36.9 Å². The molecule has 0 saturated carbocycles. The first-order valence-corrected chi connectivity index (χ1v) is 9.60. The first-order valence-electron chi connectivity index (χ1n) is 9.60. The molecule has 2 aromatic heterocycles. The van der Waals surface area contributed by atoms with Gasteiger partial charge in [0, 0.05) is 49.9 Å². The van der Waals surface area contributed by atoms with Crippen molar-refractivity contribution < 1.29 is 13.9 Å². The smallest absolute Gasteiger partial charge is 0.241 e. The number of piperidine rings is 1. The van der Waals surface area contributed by atoms with Gasteiger partial charge in [0.15, 0.2) is 0 Å². The highest BCUT2D eigenvalue weighted by atomic mass is 19.1. The summed E-state index contributed by atoms with van der Waals surface area (Å²) in [6.45, 7) is 1.27. The van der Waals surface area contributed by atoms with Crippen molar-refractivity contribution in [2.45, 2.75) is 25.2 Å². The number of carbonyl (C=O) groups excluding carboxylic acids is 1. The van der Waals surface area contributed by atoms with Crippen LogP contribution in [-0.2, 0) is 11.2 Å². The van der Waals surface area contributed by atoms with Gasteiger partial charge < -0.3 is 9.64 Å². The molecule has 29 heavy (non-hydrogen) atoms. The standard InChI is InChI=1S/C22H21FN4O2/c23-18-6-1-7-19(13-18)29-22-21(25-9-10-26-22)17-5-3-11-27(15-17)20(28)12-16-4-2-8-24-14-16/h1-2,4,6-10,13-14,17H,3,5,11-12,15H2. The van der Waals surface area contributed by atoms with Crippen LogP contribution in [0, 0.1) is 5.82 Å². The average Bonchev–Trinajstić information content (AvgIpc) is 2.75. The Kier molecular flexibility index (Phi) is 5.74. The third kappa shape index (κ3) is 4.74. The molecule has 1 aliphatic heterocycles. The monoisotopic (exact) mass is 392 g/mol. The number of hydrogen-bond acceptors (Lipinski definition) is 5. The van der Waals surface area contributed by atoms with Gasteiger partial charge in [-0.1, -0.05) is 12.1 Å². The topological polar surface area (TPSA) is 68.2 Å². The van der Waals surface area contributed by atoms with E-state index in [-0.39, 0.29) is 17.6 Å². The van der Waals surface area contributed by atoms with Crippen molar-refractivity contribution in [2.24, 2.45) is 0 Å². The Balaban J connectivity index is 1.49. The van der Waals surface area contributed by atoms with Crippen LogP contribution in [0.1, 0.15) is 30.0 Å². The molecule has 1 saturated heterocycles. The molecule has 3 heterocycles. The molecule has 0 bridgehead atoms. The zero-order valence-corrected chi connectivity index (χ0v) is 15.9. The summed E-state index contributed by atoms with van der Waals surface area (Å²) in [5.41, 5.74) is 1.59. The van der Waals surface area contributed by atoms with Gasteiger partial charge >= 0.3 is 0 Å². The Bertz CT molecular complexity index is 983. The number of aromatic nitrogens is 3. The first kappa shape index (κ1) is 19.0. The molecule has 3 aromatic rings. The van der Waals surface area contributed by atoms with E-state index >= 15 is 0 Å². The number of pyridine rings is 1. The molecule has 1 atom stereocenters. The van der Waals surface area contributed by atoms with Crippen LogP contribution in [-0.4, -0.2) is 38.8 Å². The van der Waals surface area contributed by atoms with Crippen LogP contribution < -0.4 is 4.74 Å². The Morgan fingerprint density at radius 1 is 1.17 bits per heavy atom. The Morgan fingerprint density at radius 2 is 2.07 bits per heavy atom. The highest BCUT2D eigenvalue weighted by molar-refractivity contribution is 5.78. The van der Waals surface area contributed by atoms with E-state index in [0.29, 0.717) is 30.3 Å². The lowest BCUT2D eigenvalue weighted by molar-refractivity contribution is -0.131. The SMILES string of the molecule is O=C(Cc1cccnc1)N1CCCC(c2nccnc2Oc2cccc(F)c2)C1. The van der Waals surface area contributed by atoms with Crippen molar-refractivity contribution in [3.05, 3.63) is 78.3 Å². The second-order valence-corrected chi connectivity index (χ2v) is 7.02. The number of likely N-dealkylation sites (tertiary alicyclic amines) is 1. The zero-order chi connectivity index (χ0) is 20.1. The highest BCUT2D eigenvalue weighted by Crippen LogP contribution is 2.32. The second-order valence-electron chi connectivity index (χ2n) is 7.02. The summed E-state index contributed by atoms with van der Waals surface area (Å²) < 4.78 is 19.3. The number of amides is 1. The molecule has 0 spiro atoms. The fraction of sp³-hybridized carbons (Fsp3) is 0.273. The van der Waals surface area contributed by atoms with Crippen molar-refractivity contribution in [3.8, 4) is 11.6 Å². The van der Waals surface area contributed by atoms with Gasteiger partial charge in [0.1, 0.15) is 17.3 Å². The van der Waals surface area contributed by atoms with Gasteiger partial charge in [0.2, 0.25) is 11.8 Å². The third-order valence-corrected chi connectivity index (χ3v) is 4.94. The van der Waals surface area contributed by atoms with Gasteiger partial charge in [0.25, 0.3) is 0 Å². The third-order valence-electron chi connectivity index (χ3n) is 4.94. The van der Waals surface area contributed by atoms with Gasteiger partial charge in [-0.15, -0.1) is 0 Å². The summed E-state index contributed by atoms with van der Waals surface area (Å²) >= 11 is 0. The van der Waals surface area contributed by atoms with E-state index in [2.05, 4.69) is 15.0 Å². The molecule has 6 nitrogen and oxygen atoms in total. The van der Waals surface area contributed by atoms with Gasteiger partial charge in [-0.05, 0) is 36.6 Å². The minimum Gasteiger partial charge on any atom is -0.437 e. The van der Waals surface area contributed by atoms with Crippen molar-refractivity contribution in [1.82, 2.24) is 19.9 Å². The number of rotatable bonds is 5. The number of carbonyl (C=O) groups is 1. The summed E-state index contributed by atoms with van der Waals surface area (Å²) in [5, 5.41) is 0. The first-order chi connectivity index (χ1) is 14.2. The van der Waals surface area contributed by atoms with Crippen LogP contribution in [0.4, 0.5) is 4.39 Å². The lowest BCUT2D eigenvalue weighted by Crippen LogP contribution is -2.40. The molecular formula is C22H21FN4O2. The highest BCUT2D eigenvalue weighted by Gasteiger charge is 2.28. The summed E-state index contributed by atoms with van der Waals surface area (Å²) in [6, 6.07) is 9.66. The van der Waals surface area contributed by atoms with Crippen LogP contribution in [0.15, 0.2) is 61.2 Å². The number of nitrogens with zero attached hydrogens (tertiary/aromatic N) is 4. The fourth-order valence-electron chi connectivity index (χ4n) is 3.55. The van der Waals surface area contributed by atoms with E-state index < -0.39 is 0 Å². The van der Waals surface area contributed by atoms with Crippen molar-refractivity contribution in [1.29, 1.82) is 0 Å². The number of halogens is 1. The van der Waals surface area contributed by atoms with Gasteiger partial charge in [-0.25, -0.2) is 9.37 Å². The quantitative estimate of drug-likeness (QED) is 0.661. The minimum atomic E-state index is -0.377. The van der Waals surface area contributed by atoms with Crippen molar-refractivity contribution in [2.75, 3.05) is 13.1 Å². The largest absolute Gasteiger partial charge is 0.437 e. The predicted molar refractivity (Wildman–Crippen MR) is 105 cm³/mol. The van der Waals surface area contributed by atoms with E-state index in [0.717, 1.165) is 24.9 Å². The summed E-state index contributed by atoms with van der Waals surface area (Å²) in [5.74, 6) is 0.424. The molecule has 0 radical (unpaired) electrons. The maximum atomic E-state index is 13.5. The maximum absolute atomic E-state index is 13.5.